The largest absolute Gasteiger partial charge is 0.508 e. The van der Waals surface area contributed by atoms with Crippen LogP contribution >= 0.6 is 0 Å². The van der Waals surface area contributed by atoms with Gasteiger partial charge in [-0.3, -0.25) is 10.3 Å². The smallest absolute Gasteiger partial charge is 0.117 e. The van der Waals surface area contributed by atoms with E-state index < -0.39 is 0 Å². The van der Waals surface area contributed by atoms with Crippen molar-refractivity contribution in [3.63, 3.8) is 0 Å². The maximum atomic E-state index is 9.36. The Labute approximate surface area is 71.8 Å². The Hall–Kier alpha value is -1.22. The van der Waals surface area contributed by atoms with Gasteiger partial charge in [0.1, 0.15) is 5.75 Å². The molecule has 0 aromatic heterocycles. The maximum absolute atomic E-state index is 9.36. The van der Waals surface area contributed by atoms with E-state index >= 15 is 0 Å². The first kappa shape index (κ1) is 8.87. The molecule has 0 bridgehead atoms. The highest BCUT2D eigenvalue weighted by Gasteiger charge is 2.04. The van der Waals surface area contributed by atoms with E-state index in [1.165, 1.54) is 0 Å². The van der Waals surface area contributed by atoms with Crippen molar-refractivity contribution in [2.45, 2.75) is 13.8 Å². The average Bonchev–Trinajstić information content (AvgIpc) is 2.08. The van der Waals surface area contributed by atoms with Gasteiger partial charge in [-0.1, -0.05) is 6.07 Å². The molecule has 0 fully saturated rings. The van der Waals surface area contributed by atoms with Crippen molar-refractivity contribution >= 4 is 5.69 Å². The van der Waals surface area contributed by atoms with Gasteiger partial charge in [-0.15, -0.1) is 0 Å². The topological polar surface area (TPSA) is 43.7 Å². The fourth-order valence-electron chi connectivity index (χ4n) is 1.05. The molecule has 0 radical (unpaired) electrons. The van der Waals surface area contributed by atoms with Crippen LogP contribution in [0.1, 0.15) is 12.5 Å². The minimum atomic E-state index is 0.170. The van der Waals surface area contributed by atoms with Gasteiger partial charge >= 0.3 is 0 Å². The fourth-order valence-corrected chi connectivity index (χ4v) is 1.05. The second-order valence-electron chi connectivity index (χ2n) is 2.69. The minimum absolute atomic E-state index is 0.170. The quantitative estimate of drug-likeness (QED) is 0.661. The number of anilines is 1. The maximum Gasteiger partial charge on any atom is 0.117 e. The van der Waals surface area contributed by atoms with E-state index in [1.54, 1.807) is 18.2 Å². The molecule has 0 heterocycles. The second-order valence-corrected chi connectivity index (χ2v) is 2.69. The van der Waals surface area contributed by atoms with Gasteiger partial charge in [0, 0.05) is 12.6 Å². The van der Waals surface area contributed by atoms with E-state index in [9.17, 15) is 5.21 Å². The van der Waals surface area contributed by atoms with Crippen LogP contribution in [0, 0.1) is 6.92 Å². The van der Waals surface area contributed by atoms with Crippen LogP contribution < -0.4 is 5.06 Å². The first-order chi connectivity index (χ1) is 5.65. The third-order valence-corrected chi connectivity index (χ3v) is 1.77. The zero-order valence-electron chi connectivity index (χ0n) is 7.28. The Kier molecular flexibility index (Phi) is 2.55. The van der Waals surface area contributed by atoms with Crippen LogP contribution in [0.2, 0.25) is 0 Å². The molecule has 2 N–H and O–H groups in total. The number of phenolic OH excluding ortho intramolecular Hbond substituents is 1. The number of aromatic hydroxyl groups is 1. The summed E-state index contributed by atoms with van der Waals surface area (Å²) in [6.45, 7) is 4.22. The minimum Gasteiger partial charge on any atom is -0.508 e. The van der Waals surface area contributed by atoms with Gasteiger partial charge in [0.2, 0.25) is 0 Å². The second kappa shape index (κ2) is 3.45. The molecular weight excluding hydrogens is 154 g/mol. The predicted octanol–water partition coefficient (Wildman–Crippen LogP) is 1.92. The first-order valence-corrected chi connectivity index (χ1v) is 3.91. The Morgan fingerprint density at radius 2 is 2.08 bits per heavy atom. The van der Waals surface area contributed by atoms with Crippen molar-refractivity contribution in [3.8, 4) is 5.75 Å². The number of hydrogen-bond acceptors (Lipinski definition) is 3. The van der Waals surface area contributed by atoms with E-state index in [0.29, 0.717) is 12.2 Å². The van der Waals surface area contributed by atoms with Gasteiger partial charge in [-0.05, 0) is 25.5 Å². The average molecular weight is 167 g/mol. The summed E-state index contributed by atoms with van der Waals surface area (Å²) in [6, 6.07) is 4.91. The molecule has 1 aromatic carbocycles. The summed E-state index contributed by atoms with van der Waals surface area (Å²) in [5.74, 6) is 0.170. The normalized spacial score (nSPS) is 9.92. The molecule has 0 amide bonds. The zero-order valence-corrected chi connectivity index (χ0v) is 7.28. The van der Waals surface area contributed by atoms with Crippen LogP contribution in [-0.4, -0.2) is 16.9 Å². The van der Waals surface area contributed by atoms with E-state index in [4.69, 9.17) is 5.11 Å². The SMILES string of the molecule is CCN(O)c1cc(O)ccc1C. The van der Waals surface area contributed by atoms with Crippen LogP contribution in [0.25, 0.3) is 0 Å². The number of phenols is 1. The Morgan fingerprint density at radius 3 is 2.67 bits per heavy atom. The Morgan fingerprint density at radius 1 is 1.42 bits per heavy atom. The van der Waals surface area contributed by atoms with Crippen LogP contribution in [0.5, 0.6) is 5.75 Å². The molecule has 1 rings (SSSR count). The highest BCUT2D eigenvalue weighted by Crippen LogP contribution is 2.23. The van der Waals surface area contributed by atoms with Crippen LogP contribution in [-0.2, 0) is 0 Å². The number of benzene rings is 1. The molecule has 0 aliphatic carbocycles. The predicted molar refractivity (Wildman–Crippen MR) is 47.7 cm³/mol. The lowest BCUT2D eigenvalue weighted by molar-refractivity contribution is 0.259. The van der Waals surface area contributed by atoms with Gasteiger partial charge in [0.15, 0.2) is 0 Å². The summed E-state index contributed by atoms with van der Waals surface area (Å²) in [5.41, 5.74) is 1.59. The van der Waals surface area contributed by atoms with E-state index in [0.717, 1.165) is 10.6 Å². The van der Waals surface area contributed by atoms with Gasteiger partial charge in [-0.2, -0.15) is 0 Å². The molecule has 0 atom stereocenters. The molecule has 12 heavy (non-hydrogen) atoms. The molecule has 3 nitrogen and oxygen atoms in total. The fraction of sp³-hybridized carbons (Fsp3) is 0.333. The summed E-state index contributed by atoms with van der Waals surface area (Å²) in [7, 11) is 0. The van der Waals surface area contributed by atoms with Crippen molar-refractivity contribution in [1.29, 1.82) is 0 Å². The molecule has 66 valence electrons. The molecule has 3 heteroatoms. The summed E-state index contributed by atoms with van der Waals surface area (Å²) < 4.78 is 0. The van der Waals surface area contributed by atoms with Crippen LogP contribution in [0.15, 0.2) is 18.2 Å². The van der Waals surface area contributed by atoms with Gasteiger partial charge in [0.05, 0.1) is 5.69 Å². The Bertz CT molecular complexity index is 273. The van der Waals surface area contributed by atoms with E-state index in [-0.39, 0.29) is 5.75 Å². The summed E-state index contributed by atoms with van der Waals surface area (Å²) in [5, 5.41) is 19.6. The van der Waals surface area contributed by atoms with Crippen LogP contribution in [0.4, 0.5) is 5.69 Å². The third kappa shape index (κ3) is 1.68. The van der Waals surface area contributed by atoms with Gasteiger partial charge < -0.3 is 5.11 Å². The summed E-state index contributed by atoms with van der Waals surface area (Å²) in [6.07, 6.45) is 0. The first-order valence-electron chi connectivity index (χ1n) is 3.91. The molecule has 0 spiro atoms. The lowest BCUT2D eigenvalue weighted by Gasteiger charge is -2.16. The van der Waals surface area contributed by atoms with Crippen molar-refractivity contribution in [2.24, 2.45) is 0 Å². The molecule has 0 saturated carbocycles. The van der Waals surface area contributed by atoms with Gasteiger partial charge in [0.25, 0.3) is 0 Å². The standard InChI is InChI=1S/C9H13NO2/c1-3-10(12)9-6-8(11)5-4-7(9)2/h4-6,11-12H,3H2,1-2H3. The van der Waals surface area contributed by atoms with Crippen molar-refractivity contribution in [1.82, 2.24) is 0 Å². The highest BCUT2D eigenvalue weighted by atomic mass is 16.5. The molecule has 0 aliphatic heterocycles. The summed E-state index contributed by atoms with van der Waals surface area (Å²) >= 11 is 0. The number of rotatable bonds is 2. The van der Waals surface area contributed by atoms with Crippen molar-refractivity contribution in [3.05, 3.63) is 23.8 Å². The number of nitrogens with zero attached hydrogens (tertiary/aromatic N) is 1. The number of aryl methyl sites for hydroxylation is 1. The summed E-state index contributed by atoms with van der Waals surface area (Å²) in [4.78, 5) is 0. The van der Waals surface area contributed by atoms with Gasteiger partial charge in [-0.25, -0.2) is 0 Å². The highest BCUT2D eigenvalue weighted by molar-refractivity contribution is 5.54. The third-order valence-electron chi connectivity index (χ3n) is 1.77. The monoisotopic (exact) mass is 167 g/mol. The number of hydroxylamine groups is 1. The lowest BCUT2D eigenvalue weighted by Crippen LogP contribution is -2.17. The molecule has 0 saturated heterocycles. The Balaban J connectivity index is 3.04. The molecular formula is C9H13NO2. The lowest BCUT2D eigenvalue weighted by atomic mass is 10.2. The molecule has 0 unspecified atom stereocenters. The van der Waals surface area contributed by atoms with Crippen molar-refractivity contribution < 1.29 is 10.3 Å². The van der Waals surface area contributed by atoms with E-state index in [1.807, 2.05) is 13.8 Å². The molecule has 1 aromatic rings. The molecule has 0 aliphatic rings. The van der Waals surface area contributed by atoms with Crippen LogP contribution in [0.3, 0.4) is 0 Å². The van der Waals surface area contributed by atoms with E-state index in [2.05, 4.69) is 0 Å². The van der Waals surface area contributed by atoms with Crippen molar-refractivity contribution in [2.75, 3.05) is 11.6 Å². The zero-order chi connectivity index (χ0) is 9.14. The number of hydrogen-bond donors (Lipinski definition) is 2.